The molecule has 2 aliphatic heterocycles. The van der Waals surface area contributed by atoms with Crippen molar-refractivity contribution in [3.05, 3.63) is 17.5 Å². The third-order valence-electron chi connectivity index (χ3n) is 5.90. The van der Waals surface area contributed by atoms with Crippen molar-refractivity contribution in [3.63, 3.8) is 0 Å². The molecule has 3 heterocycles. The maximum Gasteiger partial charge on any atom is 0.249 e. The van der Waals surface area contributed by atoms with E-state index in [0.29, 0.717) is 12.5 Å². The Labute approximate surface area is 151 Å². The number of halogens is 2. The van der Waals surface area contributed by atoms with Gasteiger partial charge in [-0.25, -0.2) is 8.78 Å². The van der Waals surface area contributed by atoms with Gasteiger partial charge in [0, 0.05) is 57.6 Å². The van der Waals surface area contributed by atoms with E-state index in [2.05, 4.69) is 15.4 Å². The highest BCUT2D eigenvalue weighted by Crippen LogP contribution is 2.43. The second kappa shape index (κ2) is 6.56. The average molecular weight is 369 g/mol. The van der Waals surface area contributed by atoms with Crippen LogP contribution in [0.4, 0.5) is 8.78 Å². The highest BCUT2D eigenvalue weighted by atomic mass is 19.3. The molecule has 8 heteroatoms. The second-order valence-electron chi connectivity index (χ2n) is 8.01. The van der Waals surface area contributed by atoms with Crippen molar-refractivity contribution >= 4 is 5.91 Å². The normalized spacial score (nSPS) is 27.3. The summed E-state index contributed by atoms with van der Waals surface area (Å²) < 4.78 is 36.8. The van der Waals surface area contributed by atoms with E-state index >= 15 is 0 Å². The van der Waals surface area contributed by atoms with Crippen LogP contribution in [-0.4, -0.2) is 53.7 Å². The van der Waals surface area contributed by atoms with Crippen LogP contribution >= 0.6 is 0 Å². The maximum absolute atomic E-state index is 12.9. The predicted octanol–water partition coefficient (Wildman–Crippen LogP) is 2.13. The number of nitrogens with one attached hydrogen (secondary N) is 1. The molecule has 0 aromatic carbocycles. The van der Waals surface area contributed by atoms with E-state index in [1.807, 2.05) is 13.0 Å². The topological polar surface area (TPSA) is 67.6 Å². The summed E-state index contributed by atoms with van der Waals surface area (Å²) in [5.41, 5.74) is 0.795. The first-order chi connectivity index (χ1) is 12.4. The van der Waals surface area contributed by atoms with Crippen molar-refractivity contribution in [2.45, 2.75) is 50.7 Å². The van der Waals surface area contributed by atoms with Gasteiger partial charge in [-0.1, -0.05) is 5.16 Å². The number of rotatable bonds is 6. The Morgan fingerprint density at radius 2 is 2.19 bits per heavy atom. The Bertz CT molecular complexity index is 664. The molecule has 1 atom stereocenters. The molecule has 1 spiro atoms. The van der Waals surface area contributed by atoms with Crippen molar-refractivity contribution in [1.29, 1.82) is 0 Å². The van der Waals surface area contributed by atoms with Crippen molar-refractivity contribution in [3.8, 4) is 0 Å². The van der Waals surface area contributed by atoms with Gasteiger partial charge in [-0.2, -0.15) is 0 Å². The summed E-state index contributed by atoms with van der Waals surface area (Å²) in [6.45, 7) is 5.60. The van der Waals surface area contributed by atoms with Gasteiger partial charge in [0.15, 0.2) is 0 Å². The van der Waals surface area contributed by atoms with Gasteiger partial charge in [0.2, 0.25) is 11.8 Å². The van der Waals surface area contributed by atoms with E-state index < -0.39 is 11.8 Å². The molecule has 4 rings (SSSR count). The van der Waals surface area contributed by atoms with E-state index in [0.717, 1.165) is 50.5 Å². The van der Waals surface area contributed by atoms with Crippen molar-refractivity contribution in [2.24, 2.45) is 11.8 Å². The van der Waals surface area contributed by atoms with Gasteiger partial charge in [0.25, 0.3) is 0 Å². The van der Waals surface area contributed by atoms with E-state index in [4.69, 9.17) is 9.26 Å². The van der Waals surface area contributed by atoms with E-state index in [9.17, 15) is 13.6 Å². The van der Waals surface area contributed by atoms with E-state index in [-0.39, 0.29) is 24.3 Å². The third-order valence-corrected chi connectivity index (χ3v) is 5.90. The summed E-state index contributed by atoms with van der Waals surface area (Å²) in [6, 6.07) is 1.94. The van der Waals surface area contributed by atoms with Crippen LogP contribution < -0.4 is 5.32 Å². The minimum absolute atomic E-state index is 0.132. The van der Waals surface area contributed by atoms with Crippen molar-refractivity contribution in [2.75, 3.05) is 26.2 Å². The number of aromatic nitrogens is 1. The van der Waals surface area contributed by atoms with Gasteiger partial charge in [-0.3, -0.25) is 9.69 Å². The highest BCUT2D eigenvalue weighted by Gasteiger charge is 2.53. The maximum atomic E-state index is 12.9. The SMILES string of the molecule is Cc1cc(CN2CC3(C2)OCC[C@H]3CCNC(=O)C2CC(F)(F)C2)no1. The Morgan fingerprint density at radius 1 is 1.42 bits per heavy atom. The minimum atomic E-state index is -2.65. The number of hydrogen-bond acceptors (Lipinski definition) is 5. The molecule has 0 radical (unpaired) electrons. The summed E-state index contributed by atoms with van der Waals surface area (Å²) in [6.07, 6.45) is 1.18. The van der Waals surface area contributed by atoms with E-state index in [1.54, 1.807) is 0 Å². The van der Waals surface area contributed by atoms with Crippen LogP contribution in [0.15, 0.2) is 10.6 Å². The van der Waals surface area contributed by atoms with Gasteiger partial charge in [0.05, 0.1) is 11.3 Å². The van der Waals surface area contributed by atoms with Crippen LogP contribution in [-0.2, 0) is 16.1 Å². The lowest BCUT2D eigenvalue weighted by Gasteiger charge is -2.50. The van der Waals surface area contributed by atoms with Gasteiger partial charge < -0.3 is 14.6 Å². The largest absolute Gasteiger partial charge is 0.372 e. The first kappa shape index (κ1) is 17.9. The van der Waals surface area contributed by atoms with Crippen LogP contribution in [0.5, 0.6) is 0 Å². The average Bonchev–Trinajstić information content (AvgIpc) is 3.11. The quantitative estimate of drug-likeness (QED) is 0.832. The predicted molar refractivity (Wildman–Crippen MR) is 88.6 cm³/mol. The minimum Gasteiger partial charge on any atom is -0.372 e. The smallest absolute Gasteiger partial charge is 0.249 e. The monoisotopic (exact) mass is 369 g/mol. The Morgan fingerprint density at radius 3 is 2.85 bits per heavy atom. The first-order valence-corrected chi connectivity index (χ1v) is 9.29. The number of aryl methyl sites for hydroxylation is 1. The summed E-state index contributed by atoms with van der Waals surface area (Å²) >= 11 is 0. The second-order valence-corrected chi connectivity index (χ2v) is 8.01. The van der Waals surface area contributed by atoms with Gasteiger partial charge >= 0.3 is 0 Å². The number of carbonyl (C=O) groups is 1. The zero-order chi connectivity index (χ0) is 18.4. The molecule has 1 amide bonds. The molecule has 2 saturated heterocycles. The number of alkyl halides is 2. The lowest BCUT2D eigenvalue weighted by molar-refractivity contribution is -0.150. The standard InChI is InChI=1S/C18H25F2N3O3/c1-12-6-15(22-26-12)9-23-10-17(11-23)14(3-5-25-17)2-4-21-16(24)13-7-18(19,20)8-13/h6,13-14H,2-5,7-11H2,1H3,(H,21,24)/t14-/m1/s1. The van der Waals surface area contributed by atoms with Crippen LogP contribution in [0.25, 0.3) is 0 Å². The van der Waals surface area contributed by atoms with Gasteiger partial charge in [-0.05, 0) is 25.7 Å². The fourth-order valence-electron chi connectivity index (χ4n) is 4.45. The lowest BCUT2D eigenvalue weighted by atomic mass is 9.78. The number of ether oxygens (including phenoxy) is 1. The number of nitrogens with zero attached hydrogens (tertiary/aromatic N) is 2. The fourth-order valence-corrected chi connectivity index (χ4v) is 4.45. The molecule has 0 bridgehead atoms. The highest BCUT2D eigenvalue weighted by molar-refractivity contribution is 5.79. The summed E-state index contributed by atoms with van der Waals surface area (Å²) in [5.74, 6) is -2.21. The molecule has 1 saturated carbocycles. The molecular weight excluding hydrogens is 344 g/mol. The van der Waals surface area contributed by atoms with Crippen molar-refractivity contribution < 1.29 is 22.8 Å². The van der Waals surface area contributed by atoms with Crippen LogP contribution in [0.3, 0.4) is 0 Å². The Hall–Kier alpha value is -1.54. The number of carbonyl (C=O) groups excluding carboxylic acids is 1. The molecular formula is C18H25F2N3O3. The summed E-state index contributed by atoms with van der Waals surface area (Å²) in [5, 5.41) is 6.85. The van der Waals surface area contributed by atoms with Crippen LogP contribution in [0.2, 0.25) is 0 Å². The molecule has 3 fully saturated rings. The Kier molecular flexibility index (Phi) is 4.51. The molecule has 3 aliphatic rings. The molecule has 1 aromatic rings. The van der Waals surface area contributed by atoms with E-state index in [1.165, 1.54) is 0 Å². The van der Waals surface area contributed by atoms with Crippen LogP contribution in [0.1, 0.15) is 37.1 Å². The summed E-state index contributed by atoms with van der Waals surface area (Å²) in [7, 11) is 0. The fraction of sp³-hybridized carbons (Fsp3) is 0.778. The van der Waals surface area contributed by atoms with Crippen molar-refractivity contribution in [1.82, 2.24) is 15.4 Å². The lowest BCUT2D eigenvalue weighted by Crippen LogP contribution is -2.64. The number of hydrogen-bond donors (Lipinski definition) is 1. The molecule has 1 aromatic heterocycles. The van der Waals surface area contributed by atoms with Crippen LogP contribution in [0, 0.1) is 18.8 Å². The Balaban J connectivity index is 1.20. The molecule has 144 valence electrons. The van der Waals surface area contributed by atoms with Gasteiger partial charge in [0.1, 0.15) is 5.76 Å². The third kappa shape index (κ3) is 3.49. The molecule has 1 aliphatic carbocycles. The number of amides is 1. The molecule has 1 N–H and O–H groups in total. The van der Waals surface area contributed by atoms with Gasteiger partial charge in [-0.15, -0.1) is 0 Å². The zero-order valence-electron chi connectivity index (χ0n) is 15.0. The zero-order valence-corrected chi connectivity index (χ0v) is 15.0. The first-order valence-electron chi connectivity index (χ1n) is 9.29. The number of likely N-dealkylation sites (tertiary alicyclic amines) is 1. The molecule has 26 heavy (non-hydrogen) atoms. The molecule has 6 nitrogen and oxygen atoms in total. The molecule has 0 unspecified atom stereocenters. The summed E-state index contributed by atoms with van der Waals surface area (Å²) in [4.78, 5) is 14.2.